The van der Waals surface area contributed by atoms with Gasteiger partial charge in [0.2, 0.25) is 0 Å². The van der Waals surface area contributed by atoms with Gasteiger partial charge in [0.1, 0.15) is 0 Å². The third-order valence-corrected chi connectivity index (χ3v) is 1.58. The summed E-state index contributed by atoms with van der Waals surface area (Å²) in [6.07, 6.45) is 2.80. The highest BCUT2D eigenvalue weighted by atomic mass is 14.6. The Morgan fingerprint density at radius 2 is 2.00 bits per heavy atom. The summed E-state index contributed by atoms with van der Waals surface area (Å²) in [7, 11) is 1.79. The van der Waals surface area contributed by atoms with E-state index < -0.39 is 0 Å². The standard InChI is InChI=1S/C9H17N/c1-8(6-7-10-5)9(2,3)4/h7H,1,6H2,2-5H3/b10-7+. The molecule has 58 valence electrons. The van der Waals surface area contributed by atoms with Crippen LogP contribution in [0.1, 0.15) is 27.2 Å². The predicted octanol–water partition coefficient (Wildman–Crippen LogP) is 2.68. The molecular formula is C9H17N. The van der Waals surface area contributed by atoms with Gasteiger partial charge in [-0.3, -0.25) is 0 Å². The molecule has 1 nitrogen and oxygen atoms in total. The van der Waals surface area contributed by atoms with E-state index in [1.807, 2.05) is 6.21 Å². The van der Waals surface area contributed by atoms with Gasteiger partial charge in [0.15, 0.2) is 0 Å². The summed E-state index contributed by atoms with van der Waals surface area (Å²) in [4.78, 5) is 3.90. The number of aliphatic imine (C=N–C) groups is 1. The average molecular weight is 139 g/mol. The molecule has 0 aliphatic carbocycles. The first-order chi connectivity index (χ1) is 4.48. The van der Waals surface area contributed by atoms with Crippen LogP contribution in [-0.2, 0) is 0 Å². The van der Waals surface area contributed by atoms with Crippen LogP contribution in [0.4, 0.5) is 0 Å². The Kier molecular flexibility index (Phi) is 3.34. The number of hydrogen-bond donors (Lipinski definition) is 0. The lowest BCUT2D eigenvalue weighted by Crippen LogP contribution is -2.08. The van der Waals surface area contributed by atoms with E-state index in [0.29, 0.717) is 0 Å². The quantitative estimate of drug-likeness (QED) is 0.412. The summed E-state index contributed by atoms with van der Waals surface area (Å²) in [5.41, 5.74) is 1.46. The normalized spacial score (nSPS) is 12.4. The molecule has 0 aromatic rings. The summed E-state index contributed by atoms with van der Waals surface area (Å²) in [5, 5.41) is 0. The largest absolute Gasteiger partial charge is 0.301 e. The summed E-state index contributed by atoms with van der Waals surface area (Å²) in [5.74, 6) is 0. The van der Waals surface area contributed by atoms with Crippen molar-refractivity contribution in [3.63, 3.8) is 0 Å². The van der Waals surface area contributed by atoms with Gasteiger partial charge in [0.05, 0.1) is 0 Å². The molecule has 0 aromatic carbocycles. The van der Waals surface area contributed by atoms with Gasteiger partial charge in [0, 0.05) is 19.7 Å². The van der Waals surface area contributed by atoms with Crippen LogP contribution >= 0.6 is 0 Å². The van der Waals surface area contributed by atoms with Crippen LogP contribution in [0.15, 0.2) is 17.1 Å². The van der Waals surface area contributed by atoms with Gasteiger partial charge in [-0.1, -0.05) is 32.9 Å². The van der Waals surface area contributed by atoms with Crippen molar-refractivity contribution in [2.75, 3.05) is 7.05 Å². The number of rotatable bonds is 2. The third kappa shape index (κ3) is 3.44. The smallest absolute Gasteiger partial charge is 0.0273 e. The summed E-state index contributed by atoms with van der Waals surface area (Å²) >= 11 is 0. The molecular weight excluding hydrogens is 122 g/mol. The molecule has 0 amide bonds. The average Bonchev–Trinajstić information content (AvgIpc) is 1.80. The molecule has 0 spiro atoms. The molecule has 0 N–H and O–H groups in total. The van der Waals surface area contributed by atoms with Crippen LogP contribution in [-0.4, -0.2) is 13.3 Å². The second-order valence-corrected chi connectivity index (χ2v) is 3.50. The van der Waals surface area contributed by atoms with Gasteiger partial charge in [-0.2, -0.15) is 0 Å². The second kappa shape index (κ2) is 3.55. The van der Waals surface area contributed by atoms with E-state index in [2.05, 4.69) is 32.3 Å². The fraction of sp³-hybridized carbons (Fsp3) is 0.667. The van der Waals surface area contributed by atoms with Crippen LogP contribution in [0.25, 0.3) is 0 Å². The van der Waals surface area contributed by atoms with E-state index in [9.17, 15) is 0 Å². The lowest BCUT2D eigenvalue weighted by Gasteiger charge is -2.19. The molecule has 10 heavy (non-hydrogen) atoms. The molecule has 0 saturated heterocycles. The third-order valence-electron chi connectivity index (χ3n) is 1.58. The van der Waals surface area contributed by atoms with Crippen molar-refractivity contribution in [1.29, 1.82) is 0 Å². The monoisotopic (exact) mass is 139 g/mol. The van der Waals surface area contributed by atoms with E-state index >= 15 is 0 Å². The Balaban J connectivity index is 3.86. The van der Waals surface area contributed by atoms with Crippen molar-refractivity contribution in [3.05, 3.63) is 12.2 Å². The lowest BCUT2D eigenvalue weighted by molar-refractivity contribution is 0.500. The van der Waals surface area contributed by atoms with Crippen molar-refractivity contribution in [2.24, 2.45) is 10.4 Å². The van der Waals surface area contributed by atoms with Gasteiger partial charge in [-0.15, -0.1) is 0 Å². The molecule has 1 heteroatoms. The van der Waals surface area contributed by atoms with E-state index in [1.54, 1.807) is 7.05 Å². The van der Waals surface area contributed by atoms with Crippen molar-refractivity contribution in [2.45, 2.75) is 27.2 Å². The van der Waals surface area contributed by atoms with E-state index in [1.165, 1.54) is 5.57 Å². The topological polar surface area (TPSA) is 12.4 Å². The SMILES string of the molecule is C=C(C/C=N/C)C(C)(C)C. The predicted molar refractivity (Wildman–Crippen MR) is 47.6 cm³/mol. The first-order valence-corrected chi connectivity index (χ1v) is 3.57. The highest BCUT2D eigenvalue weighted by Gasteiger charge is 2.12. The van der Waals surface area contributed by atoms with E-state index in [4.69, 9.17) is 0 Å². The Bertz CT molecular complexity index is 137. The van der Waals surface area contributed by atoms with Gasteiger partial charge >= 0.3 is 0 Å². The van der Waals surface area contributed by atoms with E-state index in [0.717, 1.165) is 6.42 Å². The Morgan fingerprint density at radius 3 is 2.30 bits per heavy atom. The van der Waals surface area contributed by atoms with Gasteiger partial charge in [-0.05, 0) is 5.41 Å². The zero-order valence-corrected chi connectivity index (χ0v) is 7.44. The fourth-order valence-electron chi connectivity index (χ4n) is 0.508. The Hall–Kier alpha value is -0.590. The van der Waals surface area contributed by atoms with Gasteiger partial charge in [0.25, 0.3) is 0 Å². The molecule has 0 bridgehead atoms. The number of allylic oxidation sites excluding steroid dienone is 1. The summed E-state index contributed by atoms with van der Waals surface area (Å²) in [6, 6.07) is 0. The minimum Gasteiger partial charge on any atom is -0.301 e. The maximum atomic E-state index is 3.97. The number of nitrogens with zero attached hydrogens (tertiary/aromatic N) is 1. The van der Waals surface area contributed by atoms with Crippen molar-refractivity contribution >= 4 is 6.21 Å². The highest BCUT2D eigenvalue weighted by molar-refractivity contribution is 5.61. The molecule has 0 aliphatic heterocycles. The van der Waals surface area contributed by atoms with Crippen molar-refractivity contribution < 1.29 is 0 Å². The molecule has 0 aliphatic rings. The van der Waals surface area contributed by atoms with Crippen LogP contribution in [0.5, 0.6) is 0 Å². The van der Waals surface area contributed by atoms with E-state index in [-0.39, 0.29) is 5.41 Å². The van der Waals surface area contributed by atoms with Crippen molar-refractivity contribution in [1.82, 2.24) is 0 Å². The zero-order valence-electron chi connectivity index (χ0n) is 7.44. The molecule has 0 radical (unpaired) electrons. The van der Waals surface area contributed by atoms with Crippen molar-refractivity contribution in [3.8, 4) is 0 Å². The summed E-state index contributed by atoms with van der Waals surface area (Å²) in [6.45, 7) is 10.5. The Labute approximate surface area is 63.9 Å². The molecule has 0 unspecified atom stereocenters. The first kappa shape index (κ1) is 9.41. The Morgan fingerprint density at radius 1 is 1.50 bits per heavy atom. The number of hydrogen-bond acceptors (Lipinski definition) is 1. The maximum Gasteiger partial charge on any atom is 0.0273 e. The molecule has 0 heterocycles. The highest BCUT2D eigenvalue weighted by Crippen LogP contribution is 2.24. The summed E-state index contributed by atoms with van der Waals surface area (Å²) < 4.78 is 0. The van der Waals surface area contributed by atoms with Crippen LogP contribution in [0.3, 0.4) is 0 Å². The second-order valence-electron chi connectivity index (χ2n) is 3.50. The van der Waals surface area contributed by atoms with Crippen LogP contribution in [0, 0.1) is 5.41 Å². The lowest BCUT2D eigenvalue weighted by atomic mass is 9.86. The van der Waals surface area contributed by atoms with Gasteiger partial charge in [-0.25, -0.2) is 0 Å². The maximum absolute atomic E-state index is 3.97. The fourth-order valence-corrected chi connectivity index (χ4v) is 0.508. The molecule has 0 rings (SSSR count). The molecule has 0 aromatic heterocycles. The minimum atomic E-state index is 0.223. The van der Waals surface area contributed by atoms with Crippen LogP contribution < -0.4 is 0 Å². The molecule has 0 atom stereocenters. The zero-order chi connectivity index (χ0) is 8.20. The molecule has 0 fully saturated rings. The first-order valence-electron chi connectivity index (χ1n) is 3.57. The molecule has 0 saturated carbocycles. The minimum absolute atomic E-state index is 0.223. The van der Waals surface area contributed by atoms with Gasteiger partial charge < -0.3 is 4.99 Å². The van der Waals surface area contributed by atoms with Crippen LogP contribution in [0.2, 0.25) is 0 Å².